The molecule has 0 atom stereocenters. The van der Waals surface area contributed by atoms with Crippen LogP contribution in [0.2, 0.25) is 5.02 Å². The molecule has 0 unspecified atom stereocenters. The Morgan fingerprint density at radius 3 is 2.52 bits per heavy atom. The number of benzene rings is 1. The molecule has 4 nitrogen and oxygen atoms in total. The lowest BCUT2D eigenvalue weighted by atomic mass is 10.1. The van der Waals surface area contributed by atoms with Gasteiger partial charge < -0.3 is 9.47 Å². The molecule has 0 aliphatic heterocycles. The van der Waals surface area contributed by atoms with Crippen molar-refractivity contribution in [2.75, 3.05) is 13.7 Å². The van der Waals surface area contributed by atoms with E-state index in [-0.39, 0.29) is 0 Å². The minimum Gasteiger partial charge on any atom is -0.496 e. The second-order valence-electron chi connectivity index (χ2n) is 5.35. The maximum absolute atomic E-state index is 12.2. The van der Waals surface area contributed by atoms with Gasteiger partial charge in [0.2, 0.25) is 0 Å². The SMILES string of the molecule is CCc1nn(CC)c(-c2ccc(OCCC(F)(F)F)cc2OC)c1Cl. The molecule has 1 heterocycles. The molecule has 1 aromatic heterocycles. The highest BCUT2D eigenvalue weighted by Crippen LogP contribution is 2.38. The summed E-state index contributed by atoms with van der Waals surface area (Å²) < 4.78 is 49.0. The van der Waals surface area contributed by atoms with Crippen molar-refractivity contribution in [3.63, 3.8) is 0 Å². The zero-order valence-corrected chi connectivity index (χ0v) is 15.0. The molecule has 0 N–H and O–H groups in total. The molecule has 2 rings (SSSR count). The summed E-state index contributed by atoms with van der Waals surface area (Å²) >= 11 is 6.45. The lowest BCUT2D eigenvalue weighted by Crippen LogP contribution is -2.13. The standard InChI is InChI=1S/C17H20ClF3N2O2/c1-4-13-15(18)16(23(5-2)22-13)12-7-6-11(10-14(12)24-3)25-9-8-17(19,20)21/h6-7,10H,4-5,8-9H2,1-3H3. The van der Waals surface area contributed by atoms with Gasteiger partial charge in [-0.15, -0.1) is 0 Å². The van der Waals surface area contributed by atoms with Gasteiger partial charge in [0.1, 0.15) is 11.5 Å². The highest BCUT2D eigenvalue weighted by Gasteiger charge is 2.27. The summed E-state index contributed by atoms with van der Waals surface area (Å²) in [6.45, 7) is 4.10. The number of hydrogen-bond donors (Lipinski definition) is 0. The highest BCUT2D eigenvalue weighted by molar-refractivity contribution is 6.33. The first-order valence-corrected chi connectivity index (χ1v) is 8.31. The Balaban J connectivity index is 2.33. The van der Waals surface area contributed by atoms with E-state index in [0.717, 1.165) is 11.4 Å². The quantitative estimate of drug-likeness (QED) is 0.672. The molecule has 0 radical (unpaired) electrons. The summed E-state index contributed by atoms with van der Waals surface area (Å²) in [6.07, 6.45) is -4.56. The van der Waals surface area contributed by atoms with Crippen LogP contribution in [-0.4, -0.2) is 29.7 Å². The number of rotatable bonds is 7. The van der Waals surface area contributed by atoms with Crippen LogP contribution in [0, 0.1) is 0 Å². The zero-order valence-electron chi connectivity index (χ0n) is 14.3. The van der Waals surface area contributed by atoms with E-state index < -0.39 is 19.2 Å². The van der Waals surface area contributed by atoms with E-state index in [1.807, 2.05) is 13.8 Å². The Morgan fingerprint density at radius 2 is 1.96 bits per heavy atom. The first kappa shape index (κ1) is 19.4. The van der Waals surface area contributed by atoms with Crippen LogP contribution in [0.5, 0.6) is 11.5 Å². The molecule has 0 saturated heterocycles. The molecule has 138 valence electrons. The predicted octanol–water partition coefficient (Wildman–Crippen LogP) is 5.13. The van der Waals surface area contributed by atoms with Crippen molar-refractivity contribution in [1.82, 2.24) is 9.78 Å². The average Bonchev–Trinajstić information content (AvgIpc) is 2.89. The van der Waals surface area contributed by atoms with Gasteiger partial charge in [0.15, 0.2) is 0 Å². The number of aromatic nitrogens is 2. The third kappa shape index (κ3) is 4.60. The van der Waals surface area contributed by atoms with Gasteiger partial charge in [-0.25, -0.2) is 0 Å². The summed E-state index contributed by atoms with van der Waals surface area (Å²) in [5, 5.41) is 5.02. The molecule has 2 aromatic rings. The number of ether oxygens (including phenoxy) is 2. The number of aryl methyl sites for hydroxylation is 2. The lowest BCUT2D eigenvalue weighted by Gasteiger charge is -2.14. The Morgan fingerprint density at radius 1 is 1.24 bits per heavy atom. The number of halogens is 4. The smallest absolute Gasteiger partial charge is 0.392 e. The third-order valence-electron chi connectivity index (χ3n) is 3.68. The molecular weight excluding hydrogens is 357 g/mol. The molecule has 0 bridgehead atoms. The summed E-state index contributed by atoms with van der Waals surface area (Å²) in [7, 11) is 1.49. The fraction of sp³-hybridized carbons (Fsp3) is 0.471. The van der Waals surface area contributed by atoms with Gasteiger partial charge in [0.05, 0.1) is 36.5 Å². The van der Waals surface area contributed by atoms with Gasteiger partial charge in [0, 0.05) is 18.2 Å². The van der Waals surface area contributed by atoms with Gasteiger partial charge in [-0.05, 0) is 25.5 Å². The molecule has 1 aromatic carbocycles. The van der Waals surface area contributed by atoms with E-state index in [0.29, 0.717) is 35.1 Å². The Kier molecular flexibility index (Phi) is 6.21. The van der Waals surface area contributed by atoms with E-state index in [9.17, 15) is 13.2 Å². The van der Waals surface area contributed by atoms with Crippen LogP contribution in [-0.2, 0) is 13.0 Å². The van der Waals surface area contributed by atoms with Gasteiger partial charge in [-0.2, -0.15) is 18.3 Å². The van der Waals surface area contributed by atoms with Crippen molar-refractivity contribution < 1.29 is 22.6 Å². The molecule has 0 saturated carbocycles. The summed E-state index contributed by atoms with van der Waals surface area (Å²) in [5.41, 5.74) is 2.22. The van der Waals surface area contributed by atoms with Crippen LogP contribution < -0.4 is 9.47 Å². The molecule has 0 aliphatic carbocycles. The fourth-order valence-corrected chi connectivity index (χ4v) is 2.81. The molecule has 0 fully saturated rings. The monoisotopic (exact) mass is 376 g/mol. The summed E-state index contributed by atoms with van der Waals surface area (Å²) in [6, 6.07) is 4.88. The van der Waals surface area contributed by atoms with Crippen molar-refractivity contribution in [2.24, 2.45) is 0 Å². The number of hydrogen-bond acceptors (Lipinski definition) is 3. The van der Waals surface area contributed by atoms with Gasteiger partial charge in [0.25, 0.3) is 0 Å². The summed E-state index contributed by atoms with van der Waals surface area (Å²) in [4.78, 5) is 0. The topological polar surface area (TPSA) is 36.3 Å². The van der Waals surface area contributed by atoms with Crippen LogP contribution in [0.15, 0.2) is 18.2 Å². The van der Waals surface area contributed by atoms with Crippen LogP contribution in [0.4, 0.5) is 13.2 Å². The second kappa shape index (κ2) is 7.99. The van der Waals surface area contributed by atoms with Crippen LogP contribution in [0.1, 0.15) is 26.0 Å². The Hall–Kier alpha value is -1.89. The van der Waals surface area contributed by atoms with Crippen LogP contribution in [0.25, 0.3) is 11.3 Å². The van der Waals surface area contributed by atoms with Crippen molar-refractivity contribution in [3.8, 4) is 22.8 Å². The molecule has 0 aliphatic rings. The zero-order chi connectivity index (χ0) is 18.6. The Bertz CT molecular complexity index is 729. The largest absolute Gasteiger partial charge is 0.496 e. The van der Waals surface area contributed by atoms with E-state index in [1.165, 1.54) is 7.11 Å². The maximum atomic E-state index is 12.2. The average molecular weight is 377 g/mol. The van der Waals surface area contributed by atoms with E-state index in [1.54, 1.807) is 22.9 Å². The molecule has 0 amide bonds. The van der Waals surface area contributed by atoms with Crippen molar-refractivity contribution in [2.45, 2.75) is 39.4 Å². The minimum absolute atomic E-state index is 0.305. The van der Waals surface area contributed by atoms with E-state index >= 15 is 0 Å². The molecular formula is C17H20ClF3N2O2. The fourth-order valence-electron chi connectivity index (χ4n) is 2.44. The van der Waals surface area contributed by atoms with E-state index in [2.05, 4.69) is 5.10 Å². The molecule has 8 heteroatoms. The van der Waals surface area contributed by atoms with Crippen LogP contribution >= 0.6 is 11.6 Å². The summed E-state index contributed by atoms with van der Waals surface area (Å²) in [5.74, 6) is 0.767. The number of methoxy groups -OCH3 is 1. The van der Waals surface area contributed by atoms with Gasteiger partial charge >= 0.3 is 6.18 Å². The molecule has 25 heavy (non-hydrogen) atoms. The minimum atomic E-state index is -4.25. The first-order valence-electron chi connectivity index (χ1n) is 7.93. The maximum Gasteiger partial charge on any atom is 0.392 e. The van der Waals surface area contributed by atoms with Crippen molar-refractivity contribution >= 4 is 11.6 Å². The van der Waals surface area contributed by atoms with Gasteiger partial charge in [-0.1, -0.05) is 18.5 Å². The second-order valence-corrected chi connectivity index (χ2v) is 5.73. The van der Waals surface area contributed by atoms with Crippen LogP contribution in [0.3, 0.4) is 0 Å². The number of nitrogens with zero attached hydrogens (tertiary/aromatic N) is 2. The Labute approximate surface area is 149 Å². The third-order valence-corrected chi connectivity index (χ3v) is 4.07. The van der Waals surface area contributed by atoms with Gasteiger partial charge in [-0.3, -0.25) is 4.68 Å². The normalized spacial score (nSPS) is 11.6. The van der Waals surface area contributed by atoms with Crippen molar-refractivity contribution in [1.29, 1.82) is 0 Å². The highest BCUT2D eigenvalue weighted by atomic mass is 35.5. The first-order chi connectivity index (χ1) is 11.8. The predicted molar refractivity (Wildman–Crippen MR) is 90.4 cm³/mol. The van der Waals surface area contributed by atoms with E-state index in [4.69, 9.17) is 21.1 Å². The van der Waals surface area contributed by atoms with Crippen molar-refractivity contribution in [3.05, 3.63) is 28.9 Å². The molecule has 0 spiro atoms. The number of alkyl halides is 3. The lowest BCUT2D eigenvalue weighted by molar-refractivity contribution is -0.139.